The fourth-order valence-electron chi connectivity index (χ4n) is 2.22. The number of anilines is 1. The van der Waals surface area contributed by atoms with Gasteiger partial charge in [0.2, 0.25) is 0 Å². The summed E-state index contributed by atoms with van der Waals surface area (Å²) >= 11 is 0. The highest BCUT2D eigenvalue weighted by molar-refractivity contribution is 6.10. The Morgan fingerprint density at radius 3 is 2.48 bits per heavy atom. The van der Waals surface area contributed by atoms with Gasteiger partial charge in [0.15, 0.2) is 0 Å². The van der Waals surface area contributed by atoms with Gasteiger partial charge in [0, 0.05) is 11.8 Å². The number of furan rings is 1. The smallest absolute Gasteiger partial charge is 0.266 e. The zero-order valence-corrected chi connectivity index (χ0v) is 12.2. The molecule has 0 bridgehead atoms. The van der Waals surface area contributed by atoms with E-state index in [-0.39, 0.29) is 5.57 Å². The predicted molar refractivity (Wildman–Crippen MR) is 81.6 cm³/mol. The van der Waals surface area contributed by atoms with E-state index in [1.54, 1.807) is 12.1 Å². The Morgan fingerprint density at radius 1 is 1.29 bits per heavy atom. The number of hydrogen-bond donors (Lipinski definition) is 1. The number of nitrogens with one attached hydrogen (secondary N) is 1. The van der Waals surface area contributed by atoms with Crippen molar-refractivity contribution in [1.29, 1.82) is 5.26 Å². The third-order valence-electron chi connectivity index (χ3n) is 3.11. The number of carbonyl (C=O) groups is 1. The molecule has 1 aromatic heterocycles. The molecule has 0 atom stereocenters. The van der Waals surface area contributed by atoms with E-state index in [1.807, 2.05) is 39.0 Å². The molecule has 0 aliphatic carbocycles. The molecular weight excluding hydrogens is 264 g/mol. The first-order valence-corrected chi connectivity index (χ1v) is 6.55. The van der Waals surface area contributed by atoms with Gasteiger partial charge >= 0.3 is 0 Å². The quantitative estimate of drug-likeness (QED) is 0.687. The van der Waals surface area contributed by atoms with E-state index in [0.717, 1.165) is 22.4 Å². The van der Waals surface area contributed by atoms with Crippen LogP contribution in [0.2, 0.25) is 0 Å². The topological polar surface area (TPSA) is 66.0 Å². The molecule has 106 valence electrons. The molecule has 0 saturated heterocycles. The van der Waals surface area contributed by atoms with E-state index in [0.29, 0.717) is 5.76 Å². The second-order valence-electron chi connectivity index (χ2n) is 4.91. The summed E-state index contributed by atoms with van der Waals surface area (Å²) in [5, 5.41) is 11.9. The summed E-state index contributed by atoms with van der Waals surface area (Å²) in [6.07, 6.45) is 2.92. The summed E-state index contributed by atoms with van der Waals surface area (Å²) in [6.45, 7) is 5.86. The summed E-state index contributed by atoms with van der Waals surface area (Å²) in [4.78, 5) is 12.2. The number of nitrogens with zero attached hydrogens (tertiary/aromatic N) is 1. The Bertz CT molecular complexity index is 712. The lowest BCUT2D eigenvalue weighted by Gasteiger charge is -2.12. The second-order valence-corrected chi connectivity index (χ2v) is 4.91. The Morgan fingerprint density at radius 2 is 1.95 bits per heavy atom. The van der Waals surface area contributed by atoms with E-state index in [4.69, 9.17) is 9.68 Å². The van der Waals surface area contributed by atoms with Gasteiger partial charge in [-0.05, 0) is 44.0 Å². The van der Waals surface area contributed by atoms with Crippen molar-refractivity contribution in [3.63, 3.8) is 0 Å². The normalized spacial score (nSPS) is 11.0. The lowest BCUT2D eigenvalue weighted by Crippen LogP contribution is -2.15. The monoisotopic (exact) mass is 280 g/mol. The van der Waals surface area contributed by atoms with Gasteiger partial charge in [-0.3, -0.25) is 4.79 Å². The summed E-state index contributed by atoms with van der Waals surface area (Å²) in [5.74, 6) is 0.0306. The molecule has 0 unspecified atom stereocenters. The van der Waals surface area contributed by atoms with Gasteiger partial charge in [-0.15, -0.1) is 0 Å². The minimum atomic E-state index is -0.441. The van der Waals surface area contributed by atoms with Crippen LogP contribution in [0.25, 0.3) is 6.08 Å². The van der Waals surface area contributed by atoms with Crippen molar-refractivity contribution in [2.75, 3.05) is 5.32 Å². The van der Waals surface area contributed by atoms with Crippen LogP contribution in [0.5, 0.6) is 0 Å². The number of carbonyl (C=O) groups excluding carboxylic acids is 1. The largest absolute Gasteiger partial charge is 0.465 e. The molecule has 4 nitrogen and oxygen atoms in total. The third kappa shape index (κ3) is 3.40. The molecule has 1 heterocycles. The van der Waals surface area contributed by atoms with Crippen molar-refractivity contribution in [2.45, 2.75) is 20.8 Å². The average Bonchev–Trinajstić information content (AvgIpc) is 2.92. The third-order valence-corrected chi connectivity index (χ3v) is 3.11. The van der Waals surface area contributed by atoms with Crippen molar-refractivity contribution in [1.82, 2.24) is 0 Å². The number of amides is 1. The molecule has 0 aliphatic rings. The maximum atomic E-state index is 12.2. The Kier molecular flexibility index (Phi) is 4.24. The molecule has 0 spiro atoms. The standard InChI is InChI=1S/C17H16N2O2/c1-11-7-12(2)16(13(3)8-11)19-17(20)14(10-18)9-15-5-4-6-21-15/h4-9H,1-3H3,(H,19,20)/b14-9-. The molecule has 1 amide bonds. The van der Waals surface area contributed by atoms with Crippen LogP contribution >= 0.6 is 0 Å². The molecular formula is C17H16N2O2. The SMILES string of the molecule is Cc1cc(C)c(NC(=O)/C(C#N)=C\c2ccco2)c(C)c1. The maximum Gasteiger partial charge on any atom is 0.266 e. The fourth-order valence-corrected chi connectivity index (χ4v) is 2.22. The Hall–Kier alpha value is -2.80. The van der Waals surface area contributed by atoms with E-state index < -0.39 is 5.91 Å². The Balaban J connectivity index is 2.27. The van der Waals surface area contributed by atoms with Gasteiger partial charge in [0.1, 0.15) is 17.4 Å². The first-order valence-electron chi connectivity index (χ1n) is 6.55. The lowest BCUT2D eigenvalue weighted by molar-refractivity contribution is -0.112. The van der Waals surface area contributed by atoms with Crippen LogP contribution in [-0.4, -0.2) is 5.91 Å². The Labute approximate surface area is 123 Å². The average molecular weight is 280 g/mol. The summed E-state index contributed by atoms with van der Waals surface area (Å²) < 4.78 is 5.12. The van der Waals surface area contributed by atoms with E-state index in [2.05, 4.69) is 5.32 Å². The second kappa shape index (κ2) is 6.10. The number of nitriles is 1. The van der Waals surface area contributed by atoms with Crippen LogP contribution in [0, 0.1) is 32.1 Å². The van der Waals surface area contributed by atoms with Crippen LogP contribution < -0.4 is 5.32 Å². The molecule has 1 N–H and O–H groups in total. The molecule has 21 heavy (non-hydrogen) atoms. The van der Waals surface area contributed by atoms with E-state index >= 15 is 0 Å². The zero-order chi connectivity index (χ0) is 15.4. The van der Waals surface area contributed by atoms with Crippen LogP contribution in [0.1, 0.15) is 22.5 Å². The maximum absolute atomic E-state index is 12.2. The molecule has 2 aromatic rings. The van der Waals surface area contributed by atoms with Gasteiger partial charge in [-0.2, -0.15) is 5.26 Å². The number of benzene rings is 1. The highest BCUT2D eigenvalue weighted by Crippen LogP contribution is 2.22. The molecule has 0 aliphatic heterocycles. The predicted octanol–water partition coefficient (Wildman–Crippen LogP) is 3.75. The number of aryl methyl sites for hydroxylation is 3. The van der Waals surface area contributed by atoms with Crippen molar-refractivity contribution in [2.24, 2.45) is 0 Å². The first kappa shape index (κ1) is 14.6. The van der Waals surface area contributed by atoms with Crippen LogP contribution in [0.4, 0.5) is 5.69 Å². The van der Waals surface area contributed by atoms with Crippen molar-refractivity contribution in [3.8, 4) is 6.07 Å². The number of rotatable bonds is 3. The van der Waals surface area contributed by atoms with Crippen molar-refractivity contribution >= 4 is 17.7 Å². The highest BCUT2D eigenvalue weighted by atomic mass is 16.3. The summed E-state index contributed by atoms with van der Waals surface area (Å²) in [6, 6.07) is 9.27. The van der Waals surface area contributed by atoms with Crippen molar-refractivity contribution in [3.05, 3.63) is 58.6 Å². The van der Waals surface area contributed by atoms with Crippen molar-refractivity contribution < 1.29 is 9.21 Å². The van der Waals surface area contributed by atoms with Gasteiger partial charge in [-0.1, -0.05) is 17.7 Å². The first-order chi connectivity index (χ1) is 10.0. The van der Waals surface area contributed by atoms with Gasteiger partial charge in [0.05, 0.1) is 6.26 Å². The minimum absolute atomic E-state index is 0.00400. The highest BCUT2D eigenvalue weighted by Gasteiger charge is 2.13. The van der Waals surface area contributed by atoms with Crippen LogP contribution in [-0.2, 0) is 4.79 Å². The van der Waals surface area contributed by atoms with E-state index in [9.17, 15) is 4.79 Å². The zero-order valence-electron chi connectivity index (χ0n) is 12.2. The molecule has 4 heteroatoms. The molecule has 0 fully saturated rings. The summed E-state index contributed by atoms with van der Waals surface area (Å²) in [7, 11) is 0. The lowest BCUT2D eigenvalue weighted by atomic mass is 10.0. The van der Waals surface area contributed by atoms with E-state index in [1.165, 1.54) is 12.3 Å². The number of hydrogen-bond acceptors (Lipinski definition) is 3. The summed E-state index contributed by atoms with van der Waals surface area (Å²) in [5.41, 5.74) is 3.82. The van der Waals surface area contributed by atoms with Gasteiger partial charge in [-0.25, -0.2) is 0 Å². The minimum Gasteiger partial charge on any atom is -0.465 e. The van der Waals surface area contributed by atoms with Gasteiger partial charge in [0.25, 0.3) is 5.91 Å². The molecule has 0 radical (unpaired) electrons. The van der Waals surface area contributed by atoms with Crippen LogP contribution in [0.15, 0.2) is 40.5 Å². The van der Waals surface area contributed by atoms with Gasteiger partial charge < -0.3 is 9.73 Å². The fraction of sp³-hybridized carbons (Fsp3) is 0.176. The van der Waals surface area contributed by atoms with Crippen LogP contribution in [0.3, 0.4) is 0 Å². The molecule has 1 aromatic carbocycles. The molecule has 2 rings (SSSR count). The molecule has 0 saturated carbocycles.